The first-order valence-corrected chi connectivity index (χ1v) is 9.92. The number of H-pyrrole nitrogens is 1. The predicted molar refractivity (Wildman–Crippen MR) is 116 cm³/mol. The van der Waals surface area contributed by atoms with Crippen molar-refractivity contribution in [3.8, 4) is 17.1 Å². The first-order chi connectivity index (χ1) is 13.5. The van der Waals surface area contributed by atoms with Crippen LogP contribution in [-0.4, -0.2) is 9.97 Å². The van der Waals surface area contributed by atoms with Crippen molar-refractivity contribution in [2.75, 3.05) is 0 Å². The van der Waals surface area contributed by atoms with E-state index in [0.29, 0.717) is 44.7 Å². The number of benzene rings is 3. The Balaban J connectivity index is 1.72. The lowest BCUT2D eigenvalue weighted by Crippen LogP contribution is -2.10. The van der Waals surface area contributed by atoms with Crippen molar-refractivity contribution < 1.29 is 4.74 Å². The van der Waals surface area contributed by atoms with Crippen LogP contribution in [0.25, 0.3) is 22.3 Å². The molecule has 1 heterocycles. The summed E-state index contributed by atoms with van der Waals surface area (Å²) in [7, 11) is 0. The molecule has 0 aliphatic rings. The summed E-state index contributed by atoms with van der Waals surface area (Å²) in [6.07, 6.45) is 0. The zero-order chi connectivity index (χ0) is 19.7. The van der Waals surface area contributed by atoms with E-state index in [0.717, 1.165) is 10.0 Å². The maximum atomic E-state index is 12.4. The molecule has 28 heavy (non-hydrogen) atoms. The van der Waals surface area contributed by atoms with Crippen molar-refractivity contribution in [3.05, 3.63) is 91.1 Å². The van der Waals surface area contributed by atoms with Gasteiger partial charge in [0.2, 0.25) is 0 Å². The Kier molecular flexibility index (Phi) is 5.40. The van der Waals surface area contributed by atoms with Gasteiger partial charge in [0.05, 0.1) is 26.5 Å². The summed E-state index contributed by atoms with van der Waals surface area (Å²) in [5.74, 6) is 1.03. The Morgan fingerprint density at radius 2 is 1.82 bits per heavy atom. The van der Waals surface area contributed by atoms with Gasteiger partial charge in [0.1, 0.15) is 18.2 Å². The molecule has 0 saturated heterocycles. The molecule has 0 saturated carbocycles. The van der Waals surface area contributed by atoms with Crippen LogP contribution in [0.2, 0.25) is 10.0 Å². The number of nitrogens with zero attached hydrogens (tertiary/aromatic N) is 1. The van der Waals surface area contributed by atoms with Crippen LogP contribution in [0.4, 0.5) is 0 Å². The van der Waals surface area contributed by atoms with Crippen LogP contribution in [0.15, 0.2) is 69.9 Å². The lowest BCUT2D eigenvalue weighted by Gasteiger charge is -2.12. The van der Waals surface area contributed by atoms with E-state index in [1.807, 2.05) is 42.5 Å². The molecular weight excluding hydrogens is 463 g/mol. The third kappa shape index (κ3) is 3.92. The highest BCUT2D eigenvalue weighted by atomic mass is 79.9. The van der Waals surface area contributed by atoms with Gasteiger partial charge in [0, 0.05) is 4.47 Å². The molecule has 140 valence electrons. The van der Waals surface area contributed by atoms with Crippen molar-refractivity contribution >= 4 is 50.0 Å². The van der Waals surface area contributed by atoms with Gasteiger partial charge in [0.25, 0.3) is 5.56 Å². The monoisotopic (exact) mass is 474 g/mol. The molecule has 0 aliphatic heterocycles. The lowest BCUT2D eigenvalue weighted by atomic mass is 10.1. The summed E-state index contributed by atoms with van der Waals surface area (Å²) in [5, 5.41) is 1.51. The normalized spacial score (nSPS) is 11.0. The van der Waals surface area contributed by atoms with Crippen LogP contribution in [0.5, 0.6) is 5.75 Å². The standard InChI is InChI=1S/C21H13BrCl2N2O2/c22-13-6-8-19(28-11-12-5-7-16(23)17(24)9-12)15(10-13)20-25-18-4-2-1-3-14(18)21(27)26-20/h1-10H,11H2,(H,25,26,27). The number of ether oxygens (including phenoxy) is 1. The predicted octanol–water partition coefficient (Wildman–Crippen LogP) is 6.24. The molecule has 4 aromatic rings. The number of aromatic amines is 1. The number of fused-ring (bicyclic) bond motifs is 1. The maximum Gasteiger partial charge on any atom is 0.259 e. The molecule has 0 amide bonds. The van der Waals surface area contributed by atoms with Gasteiger partial charge in [0.15, 0.2) is 0 Å². The van der Waals surface area contributed by atoms with Crippen LogP contribution in [0, 0.1) is 0 Å². The summed E-state index contributed by atoms with van der Waals surface area (Å²) < 4.78 is 6.84. The van der Waals surface area contributed by atoms with Gasteiger partial charge in [-0.3, -0.25) is 4.79 Å². The maximum absolute atomic E-state index is 12.4. The Morgan fingerprint density at radius 3 is 2.64 bits per heavy atom. The van der Waals surface area contributed by atoms with Gasteiger partial charge in [-0.1, -0.05) is 57.3 Å². The Bertz CT molecular complexity index is 1240. The van der Waals surface area contributed by atoms with E-state index in [1.165, 1.54) is 0 Å². The van der Waals surface area contributed by atoms with Crippen LogP contribution >= 0.6 is 39.1 Å². The molecule has 7 heteroatoms. The first kappa shape index (κ1) is 19.0. The molecule has 0 aliphatic carbocycles. The average molecular weight is 476 g/mol. The van der Waals surface area contributed by atoms with Gasteiger partial charge in [-0.25, -0.2) is 4.98 Å². The number of rotatable bonds is 4. The number of hydrogen-bond acceptors (Lipinski definition) is 3. The van der Waals surface area contributed by atoms with Gasteiger partial charge in [-0.05, 0) is 48.0 Å². The second-order valence-corrected chi connectivity index (χ2v) is 7.84. The van der Waals surface area contributed by atoms with Gasteiger partial charge in [-0.15, -0.1) is 0 Å². The molecule has 4 rings (SSSR count). The molecule has 0 fully saturated rings. The SMILES string of the molecule is O=c1[nH]c(-c2cc(Br)ccc2OCc2ccc(Cl)c(Cl)c2)nc2ccccc12. The Hall–Kier alpha value is -2.34. The minimum Gasteiger partial charge on any atom is -0.488 e. The highest BCUT2D eigenvalue weighted by Gasteiger charge is 2.12. The smallest absolute Gasteiger partial charge is 0.259 e. The van der Waals surface area contributed by atoms with Crippen LogP contribution < -0.4 is 10.3 Å². The number of aromatic nitrogens is 2. The molecule has 0 bridgehead atoms. The van der Waals surface area contributed by atoms with E-state index in [2.05, 4.69) is 25.9 Å². The zero-order valence-corrected chi connectivity index (χ0v) is 17.5. The van der Waals surface area contributed by atoms with Crippen molar-refractivity contribution in [3.63, 3.8) is 0 Å². The van der Waals surface area contributed by atoms with Crippen molar-refractivity contribution in [1.29, 1.82) is 0 Å². The Labute approximate surface area is 179 Å². The highest BCUT2D eigenvalue weighted by Crippen LogP contribution is 2.32. The minimum absolute atomic E-state index is 0.198. The third-order valence-corrected chi connectivity index (χ3v) is 5.42. The van der Waals surface area contributed by atoms with Gasteiger partial charge in [-0.2, -0.15) is 0 Å². The number of nitrogens with one attached hydrogen (secondary N) is 1. The molecular formula is C21H13BrCl2N2O2. The quantitative estimate of drug-likeness (QED) is 0.380. The van der Waals surface area contributed by atoms with Crippen LogP contribution in [-0.2, 0) is 6.61 Å². The summed E-state index contributed by atoms with van der Waals surface area (Å²) >= 11 is 15.5. The van der Waals surface area contributed by atoms with E-state index in [-0.39, 0.29) is 5.56 Å². The lowest BCUT2D eigenvalue weighted by molar-refractivity contribution is 0.307. The molecule has 4 nitrogen and oxygen atoms in total. The minimum atomic E-state index is -0.198. The molecule has 0 radical (unpaired) electrons. The highest BCUT2D eigenvalue weighted by molar-refractivity contribution is 9.10. The fourth-order valence-electron chi connectivity index (χ4n) is 2.82. The zero-order valence-electron chi connectivity index (χ0n) is 14.4. The van der Waals surface area contributed by atoms with Crippen molar-refractivity contribution in [2.45, 2.75) is 6.61 Å². The summed E-state index contributed by atoms with van der Waals surface area (Å²) in [5.41, 5.74) is 1.98. The molecule has 1 N–H and O–H groups in total. The van der Waals surface area contributed by atoms with E-state index in [4.69, 9.17) is 27.9 Å². The number of para-hydroxylation sites is 1. The molecule has 0 atom stereocenters. The average Bonchev–Trinajstić information content (AvgIpc) is 2.69. The fourth-order valence-corrected chi connectivity index (χ4v) is 3.50. The largest absolute Gasteiger partial charge is 0.488 e. The van der Waals surface area contributed by atoms with Crippen LogP contribution in [0.3, 0.4) is 0 Å². The summed E-state index contributed by atoms with van der Waals surface area (Å²) in [6.45, 7) is 0.295. The molecule has 0 unspecified atom stereocenters. The third-order valence-electron chi connectivity index (χ3n) is 4.19. The number of hydrogen-bond donors (Lipinski definition) is 1. The van der Waals surface area contributed by atoms with Crippen molar-refractivity contribution in [1.82, 2.24) is 9.97 Å². The first-order valence-electron chi connectivity index (χ1n) is 8.37. The fraction of sp³-hybridized carbons (Fsp3) is 0.0476. The summed E-state index contributed by atoms with van der Waals surface area (Å²) in [6, 6.07) is 18.1. The molecule has 0 spiro atoms. The van der Waals surface area contributed by atoms with E-state index < -0.39 is 0 Å². The number of halogens is 3. The topological polar surface area (TPSA) is 55.0 Å². The molecule has 3 aromatic carbocycles. The van der Waals surface area contributed by atoms with Crippen molar-refractivity contribution in [2.24, 2.45) is 0 Å². The molecule has 1 aromatic heterocycles. The van der Waals surface area contributed by atoms with E-state index in [1.54, 1.807) is 18.2 Å². The van der Waals surface area contributed by atoms with Gasteiger partial charge >= 0.3 is 0 Å². The van der Waals surface area contributed by atoms with Gasteiger partial charge < -0.3 is 9.72 Å². The second kappa shape index (κ2) is 7.95. The van der Waals surface area contributed by atoms with E-state index >= 15 is 0 Å². The van der Waals surface area contributed by atoms with Crippen LogP contribution in [0.1, 0.15) is 5.56 Å². The summed E-state index contributed by atoms with van der Waals surface area (Å²) in [4.78, 5) is 19.9. The Morgan fingerprint density at radius 1 is 1.00 bits per heavy atom. The van der Waals surface area contributed by atoms with E-state index in [9.17, 15) is 4.79 Å². The second-order valence-electron chi connectivity index (χ2n) is 6.11.